The average Bonchev–Trinajstić information content (AvgIpc) is 2.73. The van der Waals surface area contributed by atoms with Crippen LogP contribution in [0.1, 0.15) is 36.1 Å². The third-order valence-corrected chi connectivity index (χ3v) is 4.88. The molecule has 144 valence electrons. The normalized spacial score (nSPS) is 15.4. The molecule has 0 aliphatic carbocycles. The molecule has 3 aromatic rings. The Labute approximate surface area is 165 Å². The van der Waals surface area contributed by atoms with E-state index in [-0.39, 0.29) is 11.9 Å². The van der Waals surface area contributed by atoms with E-state index in [0.29, 0.717) is 13.2 Å². The number of hydrogen-bond donors (Lipinski definition) is 1. The Morgan fingerprint density at radius 2 is 1.86 bits per heavy atom. The van der Waals surface area contributed by atoms with Crippen molar-refractivity contribution in [1.82, 2.24) is 0 Å². The van der Waals surface area contributed by atoms with E-state index >= 15 is 0 Å². The van der Waals surface area contributed by atoms with Crippen LogP contribution < -0.4 is 14.2 Å². The van der Waals surface area contributed by atoms with Gasteiger partial charge in [-0.3, -0.25) is 0 Å². The molecule has 0 radical (unpaired) electrons. The fourth-order valence-corrected chi connectivity index (χ4v) is 3.47. The second-order valence-electron chi connectivity index (χ2n) is 6.84. The molecule has 1 heterocycles. The zero-order valence-corrected chi connectivity index (χ0v) is 15.9. The average molecular weight is 376 g/mol. The molecular formula is C24H24O4. The molecule has 1 atom stereocenters. The molecule has 28 heavy (non-hydrogen) atoms. The predicted molar refractivity (Wildman–Crippen MR) is 108 cm³/mol. The summed E-state index contributed by atoms with van der Waals surface area (Å²) in [6, 6.07) is 21.3. The van der Waals surface area contributed by atoms with Gasteiger partial charge in [-0.2, -0.15) is 0 Å². The van der Waals surface area contributed by atoms with E-state index in [1.807, 2.05) is 61.5 Å². The topological polar surface area (TPSA) is 47.9 Å². The summed E-state index contributed by atoms with van der Waals surface area (Å²) in [6.07, 6.45) is 1.62. The quantitative estimate of drug-likeness (QED) is 0.623. The molecule has 0 spiro atoms. The van der Waals surface area contributed by atoms with Gasteiger partial charge in [-0.05, 0) is 49.1 Å². The molecule has 0 aromatic heterocycles. The molecule has 0 fully saturated rings. The number of aromatic hydroxyl groups is 1. The number of rotatable bonds is 6. The fourth-order valence-electron chi connectivity index (χ4n) is 3.47. The summed E-state index contributed by atoms with van der Waals surface area (Å²) >= 11 is 0. The molecule has 3 aromatic carbocycles. The van der Waals surface area contributed by atoms with Crippen molar-refractivity contribution in [2.45, 2.75) is 32.5 Å². The molecule has 0 saturated heterocycles. The van der Waals surface area contributed by atoms with E-state index in [1.54, 1.807) is 12.1 Å². The summed E-state index contributed by atoms with van der Waals surface area (Å²) in [4.78, 5) is 0. The molecule has 0 bridgehead atoms. The molecule has 1 aliphatic rings. The predicted octanol–water partition coefficient (Wildman–Crippen LogP) is 5.44. The van der Waals surface area contributed by atoms with Crippen molar-refractivity contribution in [1.29, 1.82) is 0 Å². The molecule has 0 amide bonds. The lowest BCUT2D eigenvalue weighted by atomic mass is 9.96. The fraction of sp³-hybridized carbons (Fsp3) is 0.250. The summed E-state index contributed by atoms with van der Waals surface area (Å²) in [5.41, 5.74) is 3.22. The lowest BCUT2D eigenvalue weighted by molar-refractivity contribution is 0.168. The first-order chi connectivity index (χ1) is 13.7. The summed E-state index contributed by atoms with van der Waals surface area (Å²) in [7, 11) is 0. The van der Waals surface area contributed by atoms with Crippen LogP contribution in [0.2, 0.25) is 0 Å². The van der Waals surface area contributed by atoms with Gasteiger partial charge in [-0.15, -0.1) is 0 Å². The number of fused-ring (bicyclic) bond motifs is 1. The van der Waals surface area contributed by atoms with Gasteiger partial charge < -0.3 is 19.3 Å². The van der Waals surface area contributed by atoms with Crippen molar-refractivity contribution >= 4 is 0 Å². The van der Waals surface area contributed by atoms with Crippen molar-refractivity contribution in [3.05, 3.63) is 83.4 Å². The molecule has 4 rings (SSSR count). The minimum atomic E-state index is -0.129. The van der Waals surface area contributed by atoms with E-state index < -0.39 is 0 Å². The molecule has 1 unspecified atom stereocenters. The van der Waals surface area contributed by atoms with Crippen LogP contribution in [0.5, 0.6) is 23.0 Å². The Kier molecular flexibility index (Phi) is 5.38. The molecule has 4 nitrogen and oxygen atoms in total. The van der Waals surface area contributed by atoms with Gasteiger partial charge in [0.05, 0.1) is 6.61 Å². The number of phenolic OH excluding ortho intramolecular Hbond substituents is 1. The SMILES string of the molecule is CCOc1ccc(C2CCc3ccc(O)cc3O2)c(OCc2ccccc2)c1. The second-order valence-corrected chi connectivity index (χ2v) is 6.84. The van der Waals surface area contributed by atoms with Gasteiger partial charge in [-0.25, -0.2) is 0 Å². The summed E-state index contributed by atoms with van der Waals surface area (Å²) in [6.45, 7) is 3.05. The number of benzene rings is 3. The maximum atomic E-state index is 9.78. The van der Waals surface area contributed by atoms with Gasteiger partial charge >= 0.3 is 0 Å². The van der Waals surface area contributed by atoms with Crippen LogP contribution in [0.4, 0.5) is 0 Å². The third-order valence-electron chi connectivity index (χ3n) is 4.88. The lowest BCUT2D eigenvalue weighted by Crippen LogP contribution is -2.16. The van der Waals surface area contributed by atoms with Crippen molar-refractivity contribution < 1.29 is 19.3 Å². The summed E-state index contributed by atoms with van der Waals surface area (Å²) in [5.74, 6) is 2.50. The van der Waals surface area contributed by atoms with Gasteiger partial charge in [0.1, 0.15) is 35.7 Å². The highest BCUT2D eigenvalue weighted by Crippen LogP contribution is 2.40. The van der Waals surface area contributed by atoms with Crippen LogP contribution in [0.3, 0.4) is 0 Å². The maximum Gasteiger partial charge on any atom is 0.130 e. The second kappa shape index (κ2) is 8.26. The Bertz CT molecular complexity index is 937. The van der Waals surface area contributed by atoms with Crippen LogP contribution in [-0.2, 0) is 13.0 Å². The monoisotopic (exact) mass is 376 g/mol. The Morgan fingerprint density at radius 3 is 2.68 bits per heavy atom. The van der Waals surface area contributed by atoms with Crippen LogP contribution in [0.25, 0.3) is 0 Å². The highest BCUT2D eigenvalue weighted by Gasteiger charge is 2.25. The van der Waals surface area contributed by atoms with Gasteiger partial charge in [0.15, 0.2) is 0 Å². The Balaban J connectivity index is 1.60. The minimum Gasteiger partial charge on any atom is -0.508 e. The zero-order chi connectivity index (χ0) is 19.3. The van der Waals surface area contributed by atoms with Crippen LogP contribution in [-0.4, -0.2) is 11.7 Å². The molecular weight excluding hydrogens is 352 g/mol. The Hall–Kier alpha value is -3.14. The zero-order valence-electron chi connectivity index (χ0n) is 15.9. The first kappa shape index (κ1) is 18.2. The van der Waals surface area contributed by atoms with Gasteiger partial charge in [0, 0.05) is 17.7 Å². The van der Waals surface area contributed by atoms with E-state index in [0.717, 1.165) is 46.8 Å². The van der Waals surface area contributed by atoms with Gasteiger partial charge in [0.25, 0.3) is 0 Å². The smallest absolute Gasteiger partial charge is 0.130 e. The number of aryl methyl sites for hydroxylation is 1. The highest BCUT2D eigenvalue weighted by molar-refractivity contribution is 5.46. The van der Waals surface area contributed by atoms with Gasteiger partial charge in [0.2, 0.25) is 0 Å². The number of phenols is 1. The van der Waals surface area contributed by atoms with E-state index in [9.17, 15) is 5.11 Å². The molecule has 1 aliphatic heterocycles. The maximum absolute atomic E-state index is 9.78. The standard InChI is InChI=1S/C24H24O4/c1-2-26-20-11-12-21(24(15-20)27-16-17-6-4-3-5-7-17)22-13-9-18-8-10-19(25)14-23(18)28-22/h3-8,10-12,14-15,22,25H,2,9,13,16H2,1H3. The first-order valence-corrected chi connectivity index (χ1v) is 9.65. The van der Waals surface area contributed by atoms with Crippen LogP contribution >= 0.6 is 0 Å². The minimum absolute atomic E-state index is 0.129. The first-order valence-electron chi connectivity index (χ1n) is 9.65. The van der Waals surface area contributed by atoms with Crippen LogP contribution in [0.15, 0.2) is 66.7 Å². The third kappa shape index (κ3) is 4.06. The van der Waals surface area contributed by atoms with E-state index in [2.05, 4.69) is 0 Å². The number of ether oxygens (including phenoxy) is 3. The largest absolute Gasteiger partial charge is 0.508 e. The summed E-state index contributed by atoms with van der Waals surface area (Å²) in [5, 5.41) is 9.78. The lowest BCUT2D eigenvalue weighted by Gasteiger charge is -2.28. The Morgan fingerprint density at radius 1 is 1.00 bits per heavy atom. The molecule has 1 N–H and O–H groups in total. The van der Waals surface area contributed by atoms with Crippen LogP contribution in [0, 0.1) is 0 Å². The summed E-state index contributed by atoms with van der Waals surface area (Å²) < 4.78 is 18.0. The molecule has 4 heteroatoms. The van der Waals surface area contributed by atoms with E-state index in [1.165, 1.54) is 0 Å². The van der Waals surface area contributed by atoms with Crippen molar-refractivity contribution in [3.8, 4) is 23.0 Å². The van der Waals surface area contributed by atoms with Crippen molar-refractivity contribution in [2.75, 3.05) is 6.61 Å². The van der Waals surface area contributed by atoms with Crippen molar-refractivity contribution in [3.63, 3.8) is 0 Å². The van der Waals surface area contributed by atoms with Crippen molar-refractivity contribution in [2.24, 2.45) is 0 Å². The molecule has 0 saturated carbocycles. The van der Waals surface area contributed by atoms with E-state index in [4.69, 9.17) is 14.2 Å². The highest BCUT2D eigenvalue weighted by atomic mass is 16.5. The number of hydrogen-bond acceptors (Lipinski definition) is 4. The van der Waals surface area contributed by atoms with Gasteiger partial charge in [-0.1, -0.05) is 36.4 Å².